The van der Waals surface area contributed by atoms with E-state index in [-0.39, 0.29) is 21.7 Å². The fraction of sp³-hybridized carbons (Fsp3) is 0.239. The summed E-state index contributed by atoms with van der Waals surface area (Å²) in [5, 5.41) is 0. The number of benzene rings is 9. The van der Waals surface area contributed by atoms with Crippen LogP contribution in [0, 0.1) is 0 Å². The third-order valence-electron chi connectivity index (χ3n) is 17.5. The second kappa shape index (κ2) is 17.0. The summed E-state index contributed by atoms with van der Waals surface area (Å²) in [6, 6.07) is 80.9. The predicted octanol–water partition coefficient (Wildman–Crippen LogP) is 19.2. The molecule has 1 nitrogen and oxygen atoms in total. The van der Waals surface area contributed by atoms with Crippen molar-refractivity contribution in [1.82, 2.24) is 0 Å². The van der Waals surface area contributed by atoms with Crippen LogP contribution in [0.25, 0.3) is 44.5 Å². The van der Waals surface area contributed by atoms with Gasteiger partial charge in [-0.15, -0.1) is 0 Å². The molecule has 1 heteroatoms. The van der Waals surface area contributed by atoms with Crippen molar-refractivity contribution in [2.24, 2.45) is 0 Å². The maximum absolute atomic E-state index is 2.66. The van der Waals surface area contributed by atoms with Gasteiger partial charge in [-0.25, -0.2) is 0 Å². The molecule has 0 aliphatic heterocycles. The molecule has 3 aliphatic carbocycles. The van der Waals surface area contributed by atoms with E-state index in [1.54, 1.807) is 0 Å². The highest BCUT2D eigenvalue weighted by molar-refractivity contribution is 5.97. The molecule has 0 aromatic heterocycles. The third-order valence-corrected chi connectivity index (χ3v) is 17.5. The number of anilines is 3. The van der Waals surface area contributed by atoms with Gasteiger partial charge in [0.15, 0.2) is 0 Å². The van der Waals surface area contributed by atoms with Gasteiger partial charge in [0.05, 0.1) is 16.8 Å². The molecule has 0 atom stereocenters. The fourth-order valence-electron chi connectivity index (χ4n) is 13.2. The Hall–Kier alpha value is -7.22. The van der Waals surface area contributed by atoms with Gasteiger partial charge >= 0.3 is 0 Å². The Morgan fingerprint density at radius 3 is 1.38 bits per heavy atom. The van der Waals surface area contributed by atoms with E-state index in [1.165, 1.54) is 107 Å². The molecule has 9 aromatic carbocycles. The highest BCUT2D eigenvalue weighted by Gasteiger charge is 2.48. The van der Waals surface area contributed by atoms with Crippen LogP contribution in [0.3, 0.4) is 0 Å². The second-order valence-electron chi connectivity index (χ2n) is 23.8. The van der Waals surface area contributed by atoms with Crippen LogP contribution in [0.4, 0.5) is 17.1 Å². The number of hydrogen-bond donors (Lipinski definition) is 0. The van der Waals surface area contributed by atoms with Gasteiger partial charge < -0.3 is 4.90 Å². The van der Waals surface area contributed by atoms with E-state index in [2.05, 4.69) is 273 Å². The maximum atomic E-state index is 2.66. The normalized spacial score (nSPS) is 17.2. The van der Waals surface area contributed by atoms with Gasteiger partial charge in [0.25, 0.3) is 0 Å². The smallest absolute Gasteiger partial charge is 0.0714 e. The van der Waals surface area contributed by atoms with Crippen LogP contribution in [-0.4, -0.2) is 0 Å². The first-order chi connectivity index (χ1) is 34.7. The minimum atomic E-state index is -0.567. The van der Waals surface area contributed by atoms with Crippen LogP contribution in [-0.2, 0) is 27.1 Å². The predicted molar refractivity (Wildman–Crippen MR) is 305 cm³/mol. The molecule has 0 saturated carbocycles. The Kier molecular flexibility index (Phi) is 10.8. The zero-order valence-electron chi connectivity index (χ0n) is 43.5. The average molecular weight is 934 g/mol. The Balaban J connectivity index is 1.17. The summed E-state index contributed by atoms with van der Waals surface area (Å²) in [6.07, 6.45) is 4.60. The van der Waals surface area contributed by atoms with Gasteiger partial charge in [-0.3, -0.25) is 0 Å². The van der Waals surface area contributed by atoms with Crippen LogP contribution in [0.1, 0.15) is 126 Å². The van der Waals surface area contributed by atoms with Gasteiger partial charge in [0.1, 0.15) is 0 Å². The summed E-state index contributed by atoms with van der Waals surface area (Å²) in [6.45, 7) is 19.7. The minimum Gasteiger partial charge on any atom is -0.310 e. The van der Waals surface area contributed by atoms with E-state index >= 15 is 0 Å². The summed E-state index contributed by atoms with van der Waals surface area (Å²) >= 11 is 0. The number of nitrogens with zero attached hydrogens (tertiary/aromatic N) is 1. The molecular formula is C71H67N. The van der Waals surface area contributed by atoms with E-state index in [0.717, 1.165) is 24.9 Å². The summed E-state index contributed by atoms with van der Waals surface area (Å²) in [5.74, 6) is 0. The first-order valence-corrected chi connectivity index (χ1v) is 26.4. The summed E-state index contributed by atoms with van der Waals surface area (Å²) < 4.78 is 0. The molecule has 0 heterocycles. The first-order valence-electron chi connectivity index (χ1n) is 26.4. The molecule has 0 bridgehead atoms. The molecule has 0 spiro atoms. The van der Waals surface area contributed by atoms with Gasteiger partial charge in [-0.2, -0.15) is 0 Å². The van der Waals surface area contributed by atoms with Crippen molar-refractivity contribution < 1.29 is 0 Å². The zero-order chi connectivity index (χ0) is 49.6. The summed E-state index contributed by atoms with van der Waals surface area (Å²) in [5.41, 5.74) is 24.1. The molecule has 0 fully saturated rings. The molecule has 9 aromatic rings. The van der Waals surface area contributed by atoms with Crippen molar-refractivity contribution >= 4 is 17.1 Å². The Morgan fingerprint density at radius 2 is 0.764 bits per heavy atom. The third kappa shape index (κ3) is 7.33. The summed E-state index contributed by atoms with van der Waals surface area (Å²) in [7, 11) is 0. The number of rotatable bonds is 8. The van der Waals surface area contributed by atoms with E-state index in [9.17, 15) is 0 Å². The van der Waals surface area contributed by atoms with Gasteiger partial charge in [-0.05, 0) is 161 Å². The standard InChI is InChI=1S/C71H67N/c1-67(2)41-42-69(5,6)63-45-52(37-40-60(63)67)57-46-58-56-27-18-19-28-59(56)71(53-23-14-10-15-24-53,54-25-16-11-17-26-54)62(58)47-65(57)72(64-30-20-29-61-66(64)70(7,8)44-43-68(61,3)4)55-38-35-51(36-39-55)50-33-31-49(32-34-50)48-21-12-9-13-22-48/h9-40,45-47H,41-44H2,1-8H3. The van der Waals surface area contributed by atoms with Gasteiger partial charge in [-0.1, -0.05) is 237 Å². The lowest BCUT2D eigenvalue weighted by Crippen LogP contribution is -2.35. The Morgan fingerprint density at radius 1 is 0.292 bits per heavy atom. The van der Waals surface area contributed by atoms with Crippen molar-refractivity contribution in [3.63, 3.8) is 0 Å². The van der Waals surface area contributed by atoms with Crippen molar-refractivity contribution in [1.29, 1.82) is 0 Å². The number of fused-ring (bicyclic) bond motifs is 5. The quantitative estimate of drug-likeness (QED) is 0.147. The molecule has 12 rings (SSSR count). The SMILES string of the molecule is CC1(C)CCC(C)(C)c2cc(-c3cc4c(cc3N(c3ccc(-c5ccc(-c6ccccc6)cc5)cc3)c3cccc5c3C(C)(C)CCC5(C)C)C(c3ccccc3)(c3ccccc3)c3ccccc3-4)ccc21. The second-order valence-corrected chi connectivity index (χ2v) is 23.8. The van der Waals surface area contributed by atoms with E-state index in [0.29, 0.717) is 0 Å². The van der Waals surface area contributed by atoms with Crippen molar-refractivity contribution in [2.75, 3.05) is 4.90 Å². The summed E-state index contributed by atoms with van der Waals surface area (Å²) in [4.78, 5) is 2.66. The lowest BCUT2D eigenvalue weighted by molar-refractivity contribution is 0.332. The van der Waals surface area contributed by atoms with Crippen molar-refractivity contribution in [3.8, 4) is 44.5 Å². The Bertz CT molecular complexity index is 3440. The van der Waals surface area contributed by atoms with Crippen LogP contribution in [0.15, 0.2) is 212 Å². The van der Waals surface area contributed by atoms with Gasteiger partial charge in [0, 0.05) is 11.3 Å². The highest BCUT2D eigenvalue weighted by Crippen LogP contribution is 2.60. The molecule has 0 unspecified atom stereocenters. The lowest BCUT2D eigenvalue weighted by Gasteiger charge is -2.45. The molecule has 72 heavy (non-hydrogen) atoms. The largest absolute Gasteiger partial charge is 0.310 e. The first kappa shape index (κ1) is 45.9. The minimum absolute atomic E-state index is 0.0252. The molecule has 0 amide bonds. The van der Waals surface area contributed by atoms with E-state index in [1.807, 2.05) is 0 Å². The van der Waals surface area contributed by atoms with Crippen LogP contribution < -0.4 is 4.90 Å². The van der Waals surface area contributed by atoms with Crippen LogP contribution in [0.5, 0.6) is 0 Å². The molecule has 0 N–H and O–H groups in total. The van der Waals surface area contributed by atoms with E-state index in [4.69, 9.17) is 0 Å². The maximum Gasteiger partial charge on any atom is 0.0714 e. The molecule has 0 radical (unpaired) electrons. The number of hydrogen-bond acceptors (Lipinski definition) is 1. The van der Waals surface area contributed by atoms with Crippen molar-refractivity contribution in [2.45, 2.75) is 108 Å². The van der Waals surface area contributed by atoms with E-state index < -0.39 is 5.41 Å². The lowest BCUT2D eigenvalue weighted by atomic mass is 9.62. The topological polar surface area (TPSA) is 3.24 Å². The molecule has 3 aliphatic rings. The average Bonchev–Trinajstić information content (AvgIpc) is 3.70. The fourth-order valence-corrected chi connectivity index (χ4v) is 13.2. The molecule has 356 valence electrons. The highest BCUT2D eigenvalue weighted by atomic mass is 15.1. The monoisotopic (exact) mass is 934 g/mol. The molecular weight excluding hydrogens is 867 g/mol. The van der Waals surface area contributed by atoms with Crippen molar-refractivity contribution in [3.05, 3.63) is 257 Å². The van der Waals surface area contributed by atoms with Crippen LogP contribution >= 0.6 is 0 Å². The Labute approximate surface area is 429 Å². The molecule has 0 saturated heterocycles. The zero-order valence-corrected chi connectivity index (χ0v) is 43.5. The van der Waals surface area contributed by atoms with Crippen LogP contribution in [0.2, 0.25) is 0 Å². The van der Waals surface area contributed by atoms with Gasteiger partial charge in [0.2, 0.25) is 0 Å².